The third-order valence-corrected chi connectivity index (χ3v) is 5.56. The van der Waals surface area contributed by atoms with Crippen molar-refractivity contribution in [2.24, 2.45) is 0 Å². The molecule has 0 aromatic heterocycles. The normalized spacial score (nSPS) is 28.9. The highest BCUT2D eigenvalue weighted by Gasteiger charge is 2.45. The third kappa shape index (κ3) is 3.72. The van der Waals surface area contributed by atoms with Gasteiger partial charge in [0.2, 0.25) is 5.79 Å². The predicted molar refractivity (Wildman–Crippen MR) is 106 cm³/mol. The van der Waals surface area contributed by atoms with Gasteiger partial charge in [0.05, 0.1) is 12.6 Å². The van der Waals surface area contributed by atoms with Crippen LogP contribution in [0.1, 0.15) is 31.2 Å². The number of nitrogens with zero attached hydrogens (tertiary/aromatic N) is 1. The Balaban J connectivity index is 0.00000196. The average molecular weight is 422 g/mol. The highest BCUT2D eigenvalue weighted by Crippen LogP contribution is 2.38. The first-order valence-corrected chi connectivity index (χ1v) is 9.02. The molecule has 2 aromatic carbocycles. The quantitative estimate of drug-likeness (QED) is 0.774. The van der Waals surface area contributed by atoms with Crippen molar-refractivity contribution in [1.82, 2.24) is 4.90 Å². The van der Waals surface area contributed by atoms with Gasteiger partial charge in [0.1, 0.15) is 5.82 Å². The molecular formula is C21H25BrFNO2. The Kier molecular flexibility index (Phi) is 5.82. The van der Waals surface area contributed by atoms with Crippen LogP contribution in [-0.4, -0.2) is 35.7 Å². The second-order valence-corrected chi connectivity index (χ2v) is 7.29. The van der Waals surface area contributed by atoms with Crippen LogP contribution in [-0.2, 0) is 10.5 Å². The van der Waals surface area contributed by atoms with Crippen LogP contribution in [0.5, 0.6) is 0 Å². The van der Waals surface area contributed by atoms with Crippen LogP contribution in [0.2, 0.25) is 0 Å². The number of benzene rings is 2. The number of morpholine rings is 1. The molecule has 5 heteroatoms. The first-order valence-electron chi connectivity index (χ1n) is 9.02. The molecule has 2 aromatic rings. The molecule has 26 heavy (non-hydrogen) atoms. The van der Waals surface area contributed by atoms with Crippen LogP contribution in [0, 0.1) is 5.82 Å². The number of aliphatic hydroxyl groups is 1. The smallest absolute Gasteiger partial charge is 0.205 e. The van der Waals surface area contributed by atoms with Crippen LogP contribution in [0.4, 0.5) is 4.39 Å². The van der Waals surface area contributed by atoms with Gasteiger partial charge in [-0.2, -0.15) is 0 Å². The van der Waals surface area contributed by atoms with E-state index in [1.165, 1.54) is 18.6 Å². The van der Waals surface area contributed by atoms with Crippen LogP contribution in [0.25, 0.3) is 11.1 Å². The molecule has 3 atom stereocenters. The van der Waals surface area contributed by atoms with Gasteiger partial charge in [0, 0.05) is 11.6 Å². The van der Waals surface area contributed by atoms with Crippen molar-refractivity contribution in [2.45, 2.75) is 43.6 Å². The molecule has 0 spiro atoms. The van der Waals surface area contributed by atoms with E-state index in [0.29, 0.717) is 12.6 Å². The fourth-order valence-corrected chi connectivity index (χ4v) is 4.19. The monoisotopic (exact) mass is 421 g/mol. The zero-order valence-corrected chi connectivity index (χ0v) is 16.6. The van der Waals surface area contributed by atoms with E-state index in [-0.39, 0.29) is 28.9 Å². The Morgan fingerprint density at radius 1 is 1.00 bits per heavy atom. The summed E-state index contributed by atoms with van der Waals surface area (Å²) in [6.45, 7) is 0.476. The molecule has 1 N–H and O–H groups in total. The zero-order chi connectivity index (χ0) is 17.4. The summed E-state index contributed by atoms with van der Waals surface area (Å²) in [4.78, 5) is 2.24. The van der Waals surface area contributed by atoms with Gasteiger partial charge in [0.15, 0.2) is 0 Å². The van der Waals surface area contributed by atoms with Crippen molar-refractivity contribution in [2.75, 3.05) is 13.6 Å². The largest absolute Gasteiger partial charge is 0.361 e. The van der Waals surface area contributed by atoms with Gasteiger partial charge in [-0.25, -0.2) is 4.39 Å². The lowest BCUT2D eigenvalue weighted by atomic mass is 9.88. The molecule has 4 rings (SSSR count). The molecule has 3 nitrogen and oxygen atoms in total. The van der Waals surface area contributed by atoms with E-state index >= 15 is 0 Å². The van der Waals surface area contributed by atoms with Gasteiger partial charge >= 0.3 is 0 Å². The zero-order valence-electron chi connectivity index (χ0n) is 14.9. The van der Waals surface area contributed by atoms with Crippen LogP contribution in [0.15, 0.2) is 48.5 Å². The molecule has 0 bridgehead atoms. The molecule has 3 unspecified atom stereocenters. The molecule has 2 fully saturated rings. The van der Waals surface area contributed by atoms with E-state index in [4.69, 9.17) is 4.74 Å². The average Bonchev–Trinajstić information content (AvgIpc) is 2.62. The van der Waals surface area contributed by atoms with Crippen molar-refractivity contribution < 1.29 is 14.2 Å². The number of halogens is 2. The molecule has 0 amide bonds. The second-order valence-electron chi connectivity index (χ2n) is 7.29. The van der Waals surface area contributed by atoms with Gasteiger partial charge in [-0.05, 0) is 43.1 Å². The van der Waals surface area contributed by atoms with E-state index in [1.54, 1.807) is 12.1 Å². The summed E-state index contributed by atoms with van der Waals surface area (Å²) in [5.74, 6) is -1.51. The maximum Gasteiger partial charge on any atom is 0.205 e. The van der Waals surface area contributed by atoms with Crippen molar-refractivity contribution in [3.8, 4) is 11.1 Å². The lowest BCUT2D eigenvalue weighted by Gasteiger charge is -2.49. The van der Waals surface area contributed by atoms with Crippen molar-refractivity contribution in [3.63, 3.8) is 0 Å². The Morgan fingerprint density at radius 2 is 1.58 bits per heavy atom. The highest BCUT2D eigenvalue weighted by atomic mass is 79.9. The topological polar surface area (TPSA) is 32.7 Å². The maximum atomic E-state index is 13.1. The molecule has 1 saturated heterocycles. The number of fused-ring (bicyclic) bond motifs is 1. The van der Waals surface area contributed by atoms with Gasteiger partial charge in [-0.1, -0.05) is 49.2 Å². The Bertz CT molecular complexity index is 737. The van der Waals surface area contributed by atoms with E-state index in [1.807, 2.05) is 24.3 Å². The van der Waals surface area contributed by atoms with Crippen LogP contribution >= 0.6 is 17.0 Å². The summed E-state index contributed by atoms with van der Waals surface area (Å²) in [6, 6.07) is 14.6. The Morgan fingerprint density at radius 3 is 2.23 bits per heavy atom. The van der Waals surface area contributed by atoms with Crippen LogP contribution < -0.4 is 0 Å². The van der Waals surface area contributed by atoms with Gasteiger partial charge in [-0.3, -0.25) is 4.90 Å². The minimum Gasteiger partial charge on any atom is -0.361 e. The summed E-state index contributed by atoms with van der Waals surface area (Å²) >= 11 is 0. The number of ether oxygens (including phenoxy) is 1. The third-order valence-electron chi connectivity index (χ3n) is 5.56. The number of hydrogen-bond donors (Lipinski definition) is 1. The predicted octanol–water partition coefficient (Wildman–Crippen LogP) is 4.49. The summed E-state index contributed by atoms with van der Waals surface area (Å²) in [7, 11) is 2.07. The van der Waals surface area contributed by atoms with Crippen molar-refractivity contribution in [1.29, 1.82) is 0 Å². The summed E-state index contributed by atoms with van der Waals surface area (Å²) in [6.07, 6.45) is 4.63. The lowest BCUT2D eigenvalue weighted by Crippen LogP contribution is -2.58. The highest BCUT2D eigenvalue weighted by molar-refractivity contribution is 8.93. The van der Waals surface area contributed by atoms with E-state index < -0.39 is 5.79 Å². The van der Waals surface area contributed by atoms with Crippen molar-refractivity contribution in [3.05, 3.63) is 59.9 Å². The fourth-order valence-electron chi connectivity index (χ4n) is 4.19. The minimum absolute atomic E-state index is 0. The Hall–Kier alpha value is -1.27. The molecule has 2 aliphatic rings. The first kappa shape index (κ1) is 19.5. The van der Waals surface area contributed by atoms with Gasteiger partial charge in [-0.15, -0.1) is 17.0 Å². The molecule has 0 radical (unpaired) electrons. The number of rotatable bonds is 2. The molecule has 1 aliphatic heterocycles. The van der Waals surface area contributed by atoms with Crippen LogP contribution in [0.3, 0.4) is 0 Å². The molecular weight excluding hydrogens is 397 g/mol. The number of β-amino-alcohol motifs (C(OH)–C–C–N with tert-alkyl or cyclic N) is 1. The SMILES string of the molecule is Br.CN1CC(O)(c2ccc(-c3ccc(F)cc3)cc2)OC2CCCCC21. The summed E-state index contributed by atoms with van der Waals surface area (Å²) in [5.41, 5.74) is 2.72. The standard InChI is InChI=1S/C21H24FNO2.BrH/c1-23-14-21(24,25-20-5-3-2-4-19(20)23)17-10-6-15(7-11-17)16-8-12-18(22)13-9-16;/h6-13,19-20,24H,2-5,14H2,1H3;1H. The molecule has 140 valence electrons. The van der Waals surface area contributed by atoms with E-state index in [0.717, 1.165) is 36.0 Å². The fraction of sp³-hybridized carbons (Fsp3) is 0.429. The first-order chi connectivity index (χ1) is 12.0. The van der Waals surface area contributed by atoms with E-state index in [2.05, 4.69) is 11.9 Å². The van der Waals surface area contributed by atoms with Gasteiger partial charge in [0.25, 0.3) is 0 Å². The van der Waals surface area contributed by atoms with E-state index in [9.17, 15) is 9.50 Å². The molecule has 1 saturated carbocycles. The lowest BCUT2D eigenvalue weighted by molar-refractivity contribution is -0.293. The van der Waals surface area contributed by atoms with Gasteiger partial charge < -0.3 is 9.84 Å². The van der Waals surface area contributed by atoms with Crippen molar-refractivity contribution >= 4 is 17.0 Å². The Labute approximate surface area is 164 Å². The maximum absolute atomic E-state index is 13.1. The molecule has 1 heterocycles. The number of likely N-dealkylation sites (N-methyl/N-ethyl adjacent to an activating group) is 1. The summed E-state index contributed by atoms with van der Waals surface area (Å²) < 4.78 is 19.2. The number of hydrogen-bond acceptors (Lipinski definition) is 3. The second kappa shape index (κ2) is 7.77. The minimum atomic E-state index is -1.27. The molecule has 1 aliphatic carbocycles. The summed E-state index contributed by atoms with van der Waals surface area (Å²) in [5, 5.41) is 11.1.